The number of benzene rings is 1. The van der Waals surface area contributed by atoms with Crippen molar-refractivity contribution < 1.29 is 18.7 Å². The number of furan rings is 1. The second-order valence-corrected chi connectivity index (χ2v) is 4.48. The number of methoxy groups -OCH3 is 1. The van der Waals surface area contributed by atoms with E-state index in [0.29, 0.717) is 31.0 Å². The minimum absolute atomic E-state index is 0.394. The van der Waals surface area contributed by atoms with Crippen LogP contribution in [0.4, 0.5) is 0 Å². The normalized spacial score (nSPS) is 10.4. The number of esters is 1. The van der Waals surface area contributed by atoms with Crippen molar-refractivity contribution in [1.29, 1.82) is 0 Å². The third-order valence-electron chi connectivity index (χ3n) is 2.91. The monoisotopic (exact) mass is 289 g/mol. The molecule has 1 aromatic carbocycles. The third kappa shape index (κ3) is 4.36. The first kappa shape index (κ1) is 15.1. The first-order chi connectivity index (χ1) is 10.2. The van der Waals surface area contributed by atoms with Gasteiger partial charge in [0, 0.05) is 6.54 Å². The second kappa shape index (κ2) is 7.50. The zero-order valence-electron chi connectivity index (χ0n) is 12.2. The molecule has 0 aliphatic heterocycles. The van der Waals surface area contributed by atoms with Crippen molar-refractivity contribution in [3.63, 3.8) is 0 Å². The Balaban J connectivity index is 1.85. The smallest absolute Gasteiger partial charge is 0.341 e. The molecular formula is C16H19NO4. The average Bonchev–Trinajstić information content (AvgIpc) is 2.96. The summed E-state index contributed by atoms with van der Waals surface area (Å²) in [7, 11) is 1.35. The fourth-order valence-electron chi connectivity index (χ4n) is 1.94. The molecule has 0 aliphatic carbocycles. The first-order valence-electron chi connectivity index (χ1n) is 6.81. The molecule has 0 saturated heterocycles. The molecule has 21 heavy (non-hydrogen) atoms. The van der Waals surface area contributed by atoms with Crippen LogP contribution >= 0.6 is 0 Å². The summed E-state index contributed by atoms with van der Waals surface area (Å²) in [6.45, 7) is 3.84. The molecule has 0 bridgehead atoms. The molecule has 5 nitrogen and oxygen atoms in total. The highest BCUT2D eigenvalue weighted by Crippen LogP contribution is 2.13. The van der Waals surface area contributed by atoms with Gasteiger partial charge in [0.05, 0.1) is 25.8 Å². The summed E-state index contributed by atoms with van der Waals surface area (Å²) in [4.78, 5) is 11.3. The topological polar surface area (TPSA) is 60.7 Å². The maximum atomic E-state index is 11.3. The Morgan fingerprint density at radius 1 is 1.29 bits per heavy atom. The zero-order chi connectivity index (χ0) is 15.1. The summed E-state index contributed by atoms with van der Waals surface area (Å²) in [5, 5.41) is 3.26. The molecule has 2 aromatic rings. The number of nitrogens with one attached hydrogen (secondary N) is 1. The first-order valence-corrected chi connectivity index (χ1v) is 6.81. The lowest BCUT2D eigenvalue weighted by molar-refractivity contribution is 0.0600. The van der Waals surface area contributed by atoms with Gasteiger partial charge in [0.2, 0.25) is 0 Å². The average molecular weight is 289 g/mol. The van der Waals surface area contributed by atoms with E-state index < -0.39 is 5.97 Å². The molecule has 1 heterocycles. The lowest BCUT2D eigenvalue weighted by atomic mass is 10.2. The maximum Gasteiger partial charge on any atom is 0.341 e. The molecule has 0 spiro atoms. The van der Waals surface area contributed by atoms with Crippen LogP contribution in [0, 0.1) is 0 Å². The molecule has 0 radical (unpaired) electrons. The minimum atomic E-state index is -0.394. The molecule has 112 valence electrons. The van der Waals surface area contributed by atoms with Crippen molar-refractivity contribution in [2.45, 2.75) is 20.0 Å². The highest BCUT2D eigenvalue weighted by molar-refractivity contribution is 5.88. The lowest BCUT2D eigenvalue weighted by Crippen LogP contribution is -2.12. The Morgan fingerprint density at radius 3 is 2.90 bits per heavy atom. The van der Waals surface area contributed by atoms with Gasteiger partial charge in [0.25, 0.3) is 0 Å². The van der Waals surface area contributed by atoms with Gasteiger partial charge in [-0.3, -0.25) is 0 Å². The molecule has 1 N–H and O–H groups in total. The maximum absolute atomic E-state index is 11.3. The number of hydrogen-bond donors (Lipinski definition) is 1. The van der Waals surface area contributed by atoms with Crippen LogP contribution in [0.3, 0.4) is 0 Å². The van der Waals surface area contributed by atoms with Crippen molar-refractivity contribution in [3.05, 3.63) is 53.5 Å². The van der Waals surface area contributed by atoms with E-state index in [1.165, 1.54) is 13.4 Å². The molecule has 0 unspecified atom stereocenters. The number of carbonyl (C=O) groups is 1. The van der Waals surface area contributed by atoms with Gasteiger partial charge in [0.15, 0.2) is 0 Å². The van der Waals surface area contributed by atoms with Crippen LogP contribution < -0.4 is 10.1 Å². The van der Waals surface area contributed by atoms with E-state index >= 15 is 0 Å². The van der Waals surface area contributed by atoms with E-state index in [4.69, 9.17) is 9.15 Å². The lowest BCUT2D eigenvalue weighted by Gasteiger charge is -2.06. The Kier molecular flexibility index (Phi) is 5.40. The quantitative estimate of drug-likeness (QED) is 0.794. The second-order valence-electron chi connectivity index (χ2n) is 4.48. The van der Waals surface area contributed by atoms with Crippen LogP contribution in [-0.4, -0.2) is 19.7 Å². The molecule has 0 aliphatic rings. The molecule has 5 heteroatoms. The van der Waals surface area contributed by atoms with E-state index in [1.807, 2.05) is 31.2 Å². The number of ether oxygens (including phenoxy) is 2. The Morgan fingerprint density at radius 2 is 2.14 bits per heavy atom. The number of rotatable bonds is 7. The summed E-state index contributed by atoms with van der Waals surface area (Å²) in [5.41, 5.74) is 1.55. The summed E-state index contributed by atoms with van der Waals surface area (Å²) < 4.78 is 15.4. The molecule has 0 atom stereocenters. The van der Waals surface area contributed by atoms with Crippen LogP contribution in [0.1, 0.15) is 28.6 Å². The van der Waals surface area contributed by atoms with Crippen LogP contribution in [0.25, 0.3) is 0 Å². The predicted molar refractivity (Wildman–Crippen MR) is 78.2 cm³/mol. The van der Waals surface area contributed by atoms with E-state index in [-0.39, 0.29) is 0 Å². The van der Waals surface area contributed by atoms with Crippen molar-refractivity contribution in [2.24, 2.45) is 0 Å². The fourth-order valence-corrected chi connectivity index (χ4v) is 1.94. The van der Waals surface area contributed by atoms with Gasteiger partial charge < -0.3 is 19.2 Å². The van der Waals surface area contributed by atoms with Gasteiger partial charge in [0.1, 0.15) is 17.8 Å². The highest BCUT2D eigenvalue weighted by atomic mass is 16.5. The Labute approximate surface area is 123 Å². The van der Waals surface area contributed by atoms with Crippen LogP contribution in [0.15, 0.2) is 41.0 Å². The highest BCUT2D eigenvalue weighted by Gasteiger charge is 2.09. The standard InChI is InChI=1S/C16H19NO4/c1-3-20-14-6-4-5-12(7-14)9-17-10-15-8-13(11-21-15)16(18)19-2/h4-8,11,17H,3,9-10H2,1-2H3. The Bertz CT molecular complexity index is 591. The summed E-state index contributed by atoms with van der Waals surface area (Å²) >= 11 is 0. The van der Waals surface area contributed by atoms with Gasteiger partial charge in [-0.1, -0.05) is 12.1 Å². The van der Waals surface area contributed by atoms with Crippen molar-refractivity contribution >= 4 is 5.97 Å². The third-order valence-corrected chi connectivity index (χ3v) is 2.91. The molecule has 0 saturated carbocycles. The summed E-state index contributed by atoms with van der Waals surface area (Å²) in [6.07, 6.45) is 1.40. The number of hydrogen-bond acceptors (Lipinski definition) is 5. The van der Waals surface area contributed by atoms with Crippen molar-refractivity contribution in [2.75, 3.05) is 13.7 Å². The van der Waals surface area contributed by atoms with E-state index in [1.54, 1.807) is 6.07 Å². The minimum Gasteiger partial charge on any atom is -0.494 e. The molecular weight excluding hydrogens is 270 g/mol. The molecule has 0 amide bonds. The van der Waals surface area contributed by atoms with E-state index in [2.05, 4.69) is 10.1 Å². The molecule has 2 rings (SSSR count). The van der Waals surface area contributed by atoms with Gasteiger partial charge in [-0.05, 0) is 30.7 Å². The van der Waals surface area contributed by atoms with Gasteiger partial charge in [-0.2, -0.15) is 0 Å². The van der Waals surface area contributed by atoms with Crippen molar-refractivity contribution in [3.8, 4) is 5.75 Å². The SMILES string of the molecule is CCOc1cccc(CNCc2cc(C(=O)OC)co2)c1. The van der Waals surface area contributed by atoms with Gasteiger partial charge in [-0.25, -0.2) is 4.79 Å². The van der Waals surface area contributed by atoms with Crippen molar-refractivity contribution in [1.82, 2.24) is 5.32 Å². The van der Waals surface area contributed by atoms with Gasteiger partial charge in [-0.15, -0.1) is 0 Å². The van der Waals surface area contributed by atoms with E-state index in [9.17, 15) is 4.79 Å². The molecule has 1 aromatic heterocycles. The number of carbonyl (C=O) groups excluding carboxylic acids is 1. The fraction of sp³-hybridized carbons (Fsp3) is 0.312. The predicted octanol–water partition coefficient (Wildman–Crippen LogP) is 2.75. The van der Waals surface area contributed by atoms with Crippen LogP contribution in [0.2, 0.25) is 0 Å². The van der Waals surface area contributed by atoms with E-state index in [0.717, 1.165) is 11.3 Å². The molecule has 0 fully saturated rings. The Hall–Kier alpha value is -2.27. The zero-order valence-corrected chi connectivity index (χ0v) is 12.2. The van der Waals surface area contributed by atoms with Crippen LogP contribution in [-0.2, 0) is 17.8 Å². The largest absolute Gasteiger partial charge is 0.494 e. The summed E-state index contributed by atoms with van der Waals surface area (Å²) in [5.74, 6) is 1.16. The summed E-state index contributed by atoms with van der Waals surface area (Å²) in [6, 6.07) is 9.60. The van der Waals surface area contributed by atoms with Gasteiger partial charge >= 0.3 is 5.97 Å². The van der Waals surface area contributed by atoms with Crippen LogP contribution in [0.5, 0.6) is 5.75 Å².